The SMILES string of the molecule is CC1=Nc2ccccc2C1.Cc1ccc2ccccc2n1.Cc1cccc2ccccc12.Cc1ccccc1.Cc1nncc2ccccc12. The lowest BCUT2D eigenvalue weighted by atomic mass is 10.1. The maximum Gasteiger partial charge on any atom is 0.0705 e. The van der Waals surface area contributed by atoms with E-state index in [1.54, 1.807) is 6.20 Å². The molecular formula is C46H44N4. The predicted octanol–water partition coefficient (Wildman–Crippen LogP) is 12.0. The first kappa shape index (κ1) is 35.3. The van der Waals surface area contributed by atoms with Gasteiger partial charge < -0.3 is 0 Å². The van der Waals surface area contributed by atoms with Crippen molar-refractivity contribution in [2.24, 2.45) is 4.99 Å². The quantitative estimate of drug-likeness (QED) is 0.164. The van der Waals surface area contributed by atoms with Crippen LogP contribution in [-0.4, -0.2) is 20.9 Å². The van der Waals surface area contributed by atoms with Gasteiger partial charge in [-0.15, -0.1) is 0 Å². The van der Waals surface area contributed by atoms with Gasteiger partial charge in [-0.2, -0.15) is 10.2 Å². The molecule has 0 saturated carbocycles. The van der Waals surface area contributed by atoms with Crippen molar-refractivity contribution >= 4 is 43.8 Å². The van der Waals surface area contributed by atoms with Gasteiger partial charge in [0.2, 0.25) is 0 Å². The molecule has 0 saturated heterocycles. The lowest BCUT2D eigenvalue weighted by Gasteiger charge is -1.98. The molecule has 0 bridgehead atoms. The number of aromatic nitrogens is 3. The van der Waals surface area contributed by atoms with Crippen molar-refractivity contribution in [1.82, 2.24) is 15.2 Å². The molecule has 4 nitrogen and oxygen atoms in total. The van der Waals surface area contributed by atoms with Crippen LogP contribution in [-0.2, 0) is 6.42 Å². The Morgan fingerprint density at radius 2 is 1.10 bits per heavy atom. The summed E-state index contributed by atoms with van der Waals surface area (Å²) in [5, 5.41) is 14.0. The maximum absolute atomic E-state index is 4.38. The van der Waals surface area contributed by atoms with Gasteiger partial charge in [0.15, 0.2) is 0 Å². The van der Waals surface area contributed by atoms with Crippen molar-refractivity contribution in [3.8, 4) is 0 Å². The molecule has 2 aromatic heterocycles. The lowest BCUT2D eigenvalue weighted by Crippen LogP contribution is -1.87. The smallest absolute Gasteiger partial charge is 0.0705 e. The van der Waals surface area contributed by atoms with Gasteiger partial charge in [-0.1, -0.05) is 145 Å². The molecule has 1 aliphatic rings. The van der Waals surface area contributed by atoms with Gasteiger partial charge in [-0.25, -0.2) is 0 Å². The second-order valence-corrected chi connectivity index (χ2v) is 12.3. The number of hydrogen-bond donors (Lipinski definition) is 0. The summed E-state index contributed by atoms with van der Waals surface area (Å²) in [5.41, 5.74) is 9.55. The summed E-state index contributed by atoms with van der Waals surface area (Å²) >= 11 is 0. The molecule has 6 aromatic carbocycles. The summed E-state index contributed by atoms with van der Waals surface area (Å²) in [6, 6.07) is 53.7. The number of nitrogens with zero attached hydrogens (tertiary/aromatic N) is 4. The van der Waals surface area contributed by atoms with E-state index in [1.807, 2.05) is 80.6 Å². The van der Waals surface area contributed by atoms with Gasteiger partial charge in [0.1, 0.15) is 0 Å². The summed E-state index contributed by atoms with van der Waals surface area (Å²) in [6.07, 6.45) is 2.82. The molecule has 3 heterocycles. The zero-order valence-corrected chi connectivity index (χ0v) is 29.6. The molecular weight excluding hydrogens is 609 g/mol. The van der Waals surface area contributed by atoms with Crippen LogP contribution in [0.3, 0.4) is 0 Å². The largest absolute Gasteiger partial charge is 0.257 e. The zero-order chi connectivity index (χ0) is 35.1. The van der Waals surface area contributed by atoms with Crippen LogP contribution in [0, 0.1) is 27.7 Å². The number of aliphatic imine (C=N–C) groups is 1. The van der Waals surface area contributed by atoms with Crippen molar-refractivity contribution in [3.63, 3.8) is 0 Å². The van der Waals surface area contributed by atoms with E-state index in [1.165, 1.54) is 43.9 Å². The van der Waals surface area contributed by atoms with Crippen LogP contribution in [0.1, 0.15) is 35.0 Å². The third kappa shape index (κ3) is 10.2. The number of rotatable bonds is 0. The van der Waals surface area contributed by atoms with E-state index in [2.05, 4.69) is 132 Å². The van der Waals surface area contributed by atoms with E-state index in [-0.39, 0.29) is 0 Å². The molecule has 0 N–H and O–H groups in total. The minimum atomic E-state index is 0.989. The van der Waals surface area contributed by atoms with Crippen LogP contribution in [0.15, 0.2) is 169 Å². The van der Waals surface area contributed by atoms with Crippen molar-refractivity contribution in [2.75, 3.05) is 0 Å². The summed E-state index contributed by atoms with van der Waals surface area (Å²) in [4.78, 5) is 8.74. The van der Waals surface area contributed by atoms with E-state index in [0.717, 1.165) is 34.4 Å². The van der Waals surface area contributed by atoms with Gasteiger partial charge in [0.05, 0.1) is 23.1 Å². The number of fused-ring (bicyclic) bond motifs is 4. The van der Waals surface area contributed by atoms with E-state index >= 15 is 0 Å². The van der Waals surface area contributed by atoms with E-state index in [9.17, 15) is 0 Å². The summed E-state index contributed by atoms with van der Waals surface area (Å²) in [7, 11) is 0. The first-order chi connectivity index (χ1) is 24.4. The first-order valence-corrected chi connectivity index (χ1v) is 16.9. The van der Waals surface area contributed by atoms with Gasteiger partial charge in [0, 0.05) is 34.0 Å². The number of benzene rings is 6. The Hall–Kier alpha value is -6.00. The minimum absolute atomic E-state index is 0.989. The lowest BCUT2D eigenvalue weighted by molar-refractivity contribution is 1.00. The second-order valence-electron chi connectivity index (χ2n) is 12.3. The standard InChI is InChI=1S/C11H10.C10H9N.C9H8N2.C9H9N.C7H8/c1-9-5-4-7-10-6-2-3-8-11(9)10;1-8-6-7-9-4-2-3-5-10(9)11-8;1-7-9-5-3-2-4-8(9)6-10-11-7;1-7-6-8-4-2-3-5-9(8)10-7;1-7-5-3-2-4-6-7/h2-8H,1H3;2-7H,1H3;2-6H,1H3;2-5H,6H2,1H3;2-6H,1H3. The van der Waals surface area contributed by atoms with Gasteiger partial charge in [-0.3, -0.25) is 9.98 Å². The van der Waals surface area contributed by atoms with E-state index < -0.39 is 0 Å². The zero-order valence-electron chi connectivity index (χ0n) is 29.6. The molecule has 0 amide bonds. The monoisotopic (exact) mass is 652 g/mol. The number of aryl methyl sites for hydroxylation is 4. The normalized spacial score (nSPS) is 10.9. The first-order valence-electron chi connectivity index (χ1n) is 16.9. The fourth-order valence-corrected chi connectivity index (χ4v) is 5.55. The molecule has 1 aliphatic heterocycles. The molecule has 0 radical (unpaired) electrons. The van der Waals surface area contributed by atoms with Crippen LogP contribution in [0.5, 0.6) is 0 Å². The summed E-state index contributed by atoms with van der Waals surface area (Å²) in [5.74, 6) is 0. The Labute approximate surface area is 296 Å². The van der Waals surface area contributed by atoms with Crippen molar-refractivity contribution in [2.45, 2.75) is 41.0 Å². The number of para-hydroxylation sites is 2. The van der Waals surface area contributed by atoms with Gasteiger partial charge >= 0.3 is 0 Å². The van der Waals surface area contributed by atoms with Crippen molar-refractivity contribution in [1.29, 1.82) is 0 Å². The van der Waals surface area contributed by atoms with Crippen molar-refractivity contribution in [3.05, 3.63) is 192 Å². The molecule has 0 fully saturated rings. The van der Waals surface area contributed by atoms with Gasteiger partial charge in [0.25, 0.3) is 0 Å². The van der Waals surface area contributed by atoms with Crippen LogP contribution in [0.4, 0.5) is 5.69 Å². The van der Waals surface area contributed by atoms with Crippen molar-refractivity contribution < 1.29 is 0 Å². The second kappa shape index (κ2) is 18.0. The minimum Gasteiger partial charge on any atom is -0.257 e. The van der Waals surface area contributed by atoms with Gasteiger partial charge in [-0.05, 0) is 74.7 Å². The third-order valence-corrected chi connectivity index (χ3v) is 8.19. The Balaban J connectivity index is 0.000000122. The molecule has 50 heavy (non-hydrogen) atoms. The molecule has 248 valence electrons. The topological polar surface area (TPSA) is 51.0 Å². The van der Waals surface area contributed by atoms with Crippen LogP contribution in [0.2, 0.25) is 0 Å². The Morgan fingerprint density at radius 1 is 0.480 bits per heavy atom. The summed E-state index contributed by atoms with van der Waals surface area (Å²) < 4.78 is 0. The summed E-state index contributed by atoms with van der Waals surface area (Å²) in [6.45, 7) is 10.3. The fraction of sp³-hybridized carbons (Fsp3) is 0.130. The Kier molecular flexibility index (Phi) is 12.7. The highest BCUT2D eigenvalue weighted by Crippen LogP contribution is 2.25. The Bertz CT molecular complexity index is 2210. The molecule has 0 aliphatic carbocycles. The predicted molar refractivity (Wildman–Crippen MR) is 214 cm³/mol. The van der Waals surface area contributed by atoms with Crippen LogP contribution >= 0.6 is 0 Å². The highest BCUT2D eigenvalue weighted by atomic mass is 15.1. The molecule has 9 rings (SSSR count). The number of pyridine rings is 1. The molecule has 0 unspecified atom stereocenters. The van der Waals surface area contributed by atoms with E-state index in [4.69, 9.17) is 0 Å². The van der Waals surface area contributed by atoms with Crippen LogP contribution in [0.25, 0.3) is 32.4 Å². The highest BCUT2D eigenvalue weighted by molar-refractivity contribution is 5.92. The average Bonchev–Trinajstić information content (AvgIpc) is 3.54. The molecule has 4 heteroatoms. The Morgan fingerprint density at radius 3 is 1.80 bits per heavy atom. The molecule has 0 spiro atoms. The van der Waals surface area contributed by atoms with E-state index in [0.29, 0.717) is 0 Å². The fourth-order valence-electron chi connectivity index (χ4n) is 5.55. The highest BCUT2D eigenvalue weighted by Gasteiger charge is 2.08. The molecule has 8 aromatic rings. The average molecular weight is 653 g/mol. The van der Waals surface area contributed by atoms with Crippen LogP contribution < -0.4 is 0 Å². The molecule has 0 atom stereocenters. The third-order valence-electron chi connectivity index (χ3n) is 8.19. The maximum atomic E-state index is 4.38. The number of hydrogen-bond acceptors (Lipinski definition) is 4.